The molecule has 1 atom stereocenters. The molecule has 0 amide bonds. The Hall–Kier alpha value is -3.18. The van der Waals surface area contributed by atoms with Gasteiger partial charge in [-0.2, -0.15) is 0 Å². The largest absolute Gasteiger partial charge is 0.497 e. The van der Waals surface area contributed by atoms with Crippen molar-refractivity contribution in [2.24, 2.45) is 0 Å². The number of nitrogens with two attached hydrogens (primary N) is 1. The van der Waals surface area contributed by atoms with Gasteiger partial charge >= 0.3 is 0 Å². The summed E-state index contributed by atoms with van der Waals surface area (Å²) in [6.45, 7) is 2.21. The molecule has 156 valence electrons. The van der Waals surface area contributed by atoms with Gasteiger partial charge in [0, 0.05) is 23.5 Å². The van der Waals surface area contributed by atoms with Gasteiger partial charge in [-0.05, 0) is 48.0 Å². The maximum atomic E-state index is 5.66. The molecule has 1 heterocycles. The molecule has 30 heavy (non-hydrogen) atoms. The van der Waals surface area contributed by atoms with Gasteiger partial charge in [0.05, 0.1) is 20.8 Å². The van der Waals surface area contributed by atoms with E-state index in [1.807, 2.05) is 30.3 Å². The van der Waals surface area contributed by atoms with Crippen LogP contribution in [0, 0.1) is 0 Å². The van der Waals surface area contributed by atoms with Crippen molar-refractivity contribution in [2.45, 2.75) is 18.9 Å². The summed E-state index contributed by atoms with van der Waals surface area (Å²) in [6, 6.07) is 22.7. The molecule has 0 aromatic heterocycles. The van der Waals surface area contributed by atoms with Crippen LogP contribution in [0.1, 0.15) is 29.0 Å². The van der Waals surface area contributed by atoms with E-state index in [0.717, 1.165) is 42.5 Å². The van der Waals surface area contributed by atoms with Crippen LogP contribution in [0.2, 0.25) is 0 Å². The van der Waals surface area contributed by atoms with E-state index in [0.29, 0.717) is 0 Å². The third-order valence-electron chi connectivity index (χ3n) is 5.51. The third kappa shape index (κ3) is 4.52. The second kappa shape index (κ2) is 9.55. The Kier molecular flexibility index (Phi) is 6.40. The normalized spacial score (nSPS) is 13.1. The molecule has 0 fully saturated rings. The first kappa shape index (κ1) is 20.1. The van der Waals surface area contributed by atoms with E-state index < -0.39 is 0 Å². The number of quaternary nitrogens is 1. The number of rotatable bonds is 9. The Morgan fingerprint density at radius 2 is 1.70 bits per heavy atom. The van der Waals surface area contributed by atoms with Crippen molar-refractivity contribution >= 4 is 0 Å². The summed E-state index contributed by atoms with van der Waals surface area (Å²) in [7, 11) is 3.42. The lowest BCUT2D eigenvalue weighted by atomic mass is 9.87. The Balaban J connectivity index is 1.49. The average Bonchev–Trinajstić information content (AvgIpc) is 3.27. The van der Waals surface area contributed by atoms with Gasteiger partial charge in [-0.15, -0.1) is 0 Å². The molecule has 4 rings (SSSR count). The molecule has 0 saturated heterocycles. The number of hydrogen-bond acceptors (Lipinski definition) is 4. The topological polar surface area (TPSA) is 53.5 Å². The average molecular weight is 407 g/mol. The lowest BCUT2D eigenvalue weighted by Crippen LogP contribution is -2.82. The molecule has 3 aromatic carbocycles. The van der Waals surface area contributed by atoms with E-state index >= 15 is 0 Å². The van der Waals surface area contributed by atoms with E-state index in [-0.39, 0.29) is 12.7 Å². The number of methoxy groups -OCH3 is 2. The van der Waals surface area contributed by atoms with Crippen LogP contribution >= 0.6 is 0 Å². The third-order valence-corrected chi connectivity index (χ3v) is 5.51. The van der Waals surface area contributed by atoms with Crippen molar-refractivity contribution in [3.63, 3.8) is 0 Å². The molecule has 2 N–H and O–H groups in total. The molecule has 0 radical (unpaired) electrons. The van der Waals surface area contributed by atoms with Crippen molar-refractivity contribution in [1.82, 2.24) is 0 Å². The predicted octanol–water partition coefficient (Wildman–Crippen LogP) is 3.72. The first-order chi connectivity index (χ1) is 14.8. The fraction of sp³-hybridized carbons (Fsp3) is 0.280. The van der Waals surface area contributed by atoms with Crippen LogP contribution in [-0.2, 0) is 6.54 Å². The fourth-order valence-electron chi connectivity index (χ4n) is 3.90. The van der Waals surface area contributed by atoms with Crippen LogP contribution in [0.25, 0.3) is 0 Å². The highest BCUT2D eigenvalue weighted by Crippen LogP contribution is 2.39. The van der Waals surface area contributed by atoms with Crippen LogP contribution in [0.4, 0.5) is 0 Å². The zero-order valence-corrected chi connectivity index (χ0v) is 17.5. The summed E-state index contributed by atoms with van der Waals surface area (Å²) in [4.78, 5) is 0. The molecule has 5 heteroatoms. The van der Waals surface area contributed by atoms with E-state index in [4.69, 9.17) is 18.9 Å². The van der Waals surface area contributed by atoms with Gasteiger partial charge < -0.3 is 24.3 Å². The smallest absolute Gasteiger partial charge is 0.231 e. The quantitative estimate of drug-likeness (QED) is 0.551. The van der Waals surface area contributed by atoms with Crippen molar-refractivity contribution in [1.29, 1.82) is 0 Å². The van der Waals surface area contributed by atoms with Gasteiger partial charge in [-0.25, -0.2) is 0 Å². The molecule has 0 spiro atoms. The monoisotopic (exact) mass is 406 g/mol. The SMILES string of the molecule is COc1ccc(C[NH2+]CC[C@H](c2ccc3c(c2)OCO3)c2ccccc2OC)cc1. The molecular weight excluding hydrogens is 378 g/mol. The lowest BCUT2D eigenvalue weighted by molar-refractivity contribution is -0.671. The second-order valence-electron chi connectivity index (χ2n) is 7.33. The molecule has 0 aliphatic carbocycles. The van der Waals surface area contributed by atoms with E-state index in [9.17, 15) is 0 Å². The van der Waals surface area contributed by atoms with Crippen LogP contribution in [0.5, 0.6) is 23.0 Å². The van der Waals surface area contributed by atoms with Crippen molar-refractivity contribution < 1.29 is 24.3 Å². The second-order valence-corrected chi connectivity index (χ2v) is 7.33. The number of fused-ring (bicyclic) bond motifs is 1. The highest BCUT2D eigenvalue weighted by atomic mass is 16.7. The van der Waals surface area contributed by atoms with E-state index in [2.05, 4.69) is 41.7 Å². The van der Waals surface area contributed by atoms with E-state index in [1.165, 1.54) is 16.7 Å². The van der Waals surface area contributed by atoms with Gasteiger partial charge in [0.2, 0.25) is 6.79 Å². The Morgan fingerprint density at radius 3 is 2.50 bits per heavy atom. The zero-order chi connectivity index (χ0) is 20.8. The molecule has 5 nitrogen and oxygen atoms in total. The molecule has 0 bridgehead atoms. The van der Waals surface area contributed by atoms with Crippen molar-refractivity contribution in [2.75, 3.05) is 27.6 Å². The predicted molar refractivity (Wildman–Crippen MR) is 116 cm³/mol. The number of hydrogen-bond donors (Lipinski definition) is 1. The Bertz CT molecular complexity index is 971. The van der Waals surface area contributed by atoms with Crippen LogP contribution in [0.15, 0.2) is 66.7 Å². The summed E-state index contributed by atoms with van der Waals surface area (Å²) in [5.41, 5.74) is 3.69. The molecule has 1 aliphatic heterocycles. The molecule has 0 unspecified atom stereocenters. The number of benzene rings is 3. The molecule has 3 aromatic rings. The maximum absolute atomic E-state index is 5.66. The van der Waals surface area contributed by atoms with E-state index in [1.54, 1.807) is 14.2 Å². The minimum atomic E-state index is 0.211. The summed E-state index contributed by atoms with van der Waals surface area (Å²) < 4.78 is 22.0. The van der Waals surface area contributed by atoms with Gasteiger partial charge in [0.1, 0.15) is 18.0 Å². The lowest BCUT2D eigenvalue weighted by Gasteiger charge is -2.20. The van der Waals surface area contributed by atoms with Crippen LogP contribution < -0.4 is 24.3 Å². The fourth-order valence-corrected chi connectivity index (χ4v) is 3.90. The van der Waals surface area contributed by atoms with Gasteiger partial charge in [-0.3, -0.25) is 0 Å². The minimum absolute atomic E-state index is 0.211. The first-order valence-corrected chi connectivity index (χ1v) is 10.3. The molecular formula is C25H28NO4+. The van der Waals surface area contributed by atoms with Gasteiger partial charge in [0.15, 0.2) is 11.5 Å². The Morgan fingerprint density at radius 1 is 0.900 bits per heavy atom. The maximum Gasteiger partial charge on any atom is 0.231 e. The summed E-state index contributed by atoms with van der Waals surface area (Å²) in [5, 5.41) is 2.34. The highest BCUT2D eigenvalue weighted by Gasteiger charge is 2.22. The van der Waals surface area contributed by atoms with Crippen LogP contribution in [-0.4, -0.2) is 27.6 Å². The number of ether oxygens (including phenoxy) is 4. The summed E-state index contributed by atoms with van der Waals surface area (Å²) >= 11 is 0. The summed E-state index contributed by atoms with van der Waals surface area (Å²) in [5.74, 6) is 3.63. The van der Waals surface area contributed by atoms with Gasteiger partial charge in [0.25, 0.3) is 0 Å². The van der Waals surface area contributed by atoms with Gasteiger partial charge in [-0.1, -0.05) is 24.3 Å². The van der Waals surface area contributed by atoms with Crippen molar-refractivity contribution in [3.8, 4) is 23.0 Å². The molecule has 0 saturated carbocycles. The minimum Gasteiger partial charge on any atom is -0.497 e. The van der Waals surface area contributed by atoms with Crippen LogP contribution in [0.3, 0.4) is 0 Å². The summed E-state index contributed by atoms with van der Waals surface area (Å²) in [6.07, 6.45) is 0.982. The Labute approximate surface area is 177 Å². The molecule has 1 aliphatic rings. The standard InChI is InChI=1S/C25H27NO4/c1-27-20-10-7-18(8-11-20)16-26-14-13-21(22-5-3-4-6-23(22)28-2)19-9-12-24-25(15-19)30-17-29-24/h3-12,15,21,26H,13-14,16-17H2,1-2H3/p+1/t21-/m1/s1. The highest BCUT2D eigenvalue weighted by molar-refractivity contribution is 5.49. The zero-order valence-electron chi connectivity index (χ0n) is 17.5. The van der Waals surface area contributed by atoms with Crippen molar-refractivity contribution in [3.05, 3.63) is 83.4 Å². The number of para-hydroxylation sites is 1. The first-order valence-electron chi connectivity index (χ1n) is 10.3.